The number of hydrogen-bond acceptors (Lipinski definition) is 5. The highest BCUT2D eigenvalue weighted by atomic mass is 15.4. The Hall–Kier alpha value is -1.95. The molecule has 2 aromatic heterocycles. The standard InChI is InChI=1S/C19H26N6/c1-23(11-15-10-20-25-8-3-2-7-18(15)25)16-12-24(13-16)19-9-14-5-4-6-17(14)21-22-19/h9-10,16H,2-8,11-13H2,1H3. The van der Waals surface area contributed by atoms with E-state index in [1.54, 1.807) is 0 Å². The molecule has 3 aliphatic rings. The Morgan fingerprint density at radius 1 is 1.12 bits per heavy atom. The molecular formula is C19H26N6. The first-order valence-electron chi connectivity index (χ1n) is 9.62. The van der Waals surface area contributed by atoms with Gasteiger partial charge in [-0.25, -0.2) is 0 Å². The van der Waals surface area contributed by atoms with Gasteiger partial charge in [-0.1, -0.05) is 0 Å². The summed E-state index contributed by atoms with van der Waals surface area (Å²) in [6.45, 7) is 4.19. The quantitative estimate of drug-likeness (QED) is 0.851. The summed E-state index contributed by atoms with van der Waals surface area (Å²) < 4.78 is 2.21. The van der Waals surface area contributed by atoms with Gasteiger partial charge in [-0.05, 0) is 57.2 Å². The number of rotatable bonds is 4. The fourth-order valence-corrected chi connectivity index (χ4v) is 4.41. The van der Waals surface area contributed by atoms with Crippen LogP contribution in [0.1, 0.15) is 41.8 Å². The van der Waals surface area contributed by atoms with Crippen molar-refractivity contribution in [1.82, 2.24) is 24.9 Å². The molecule has 0 unspecified atom stereocenters. The van der Waals surface area contributed by atoms with Gasteiger partial charge in [-0.3, -0.25) is 9.58 Å². The number of anilines is 1. The number of aryl methyl sites for hydroxylation is 3. The SMILES string of the molecule is CN(Cc1cnn2c1CCCC2)C1CN(c2cc3c(nn2)CCC3)C1. The average Bonchev–Trinajstić information content (AvgIpc) is 3.20. The summed E-state index contributed by atoms with van der Waals surface area (Å²) >= 11 is 0. The molecule has 2 aliphatic heterocycles. The van der Waals surface area contributed by atoms with E-state index in [0.29, 0.717) is 6.04 Å². The number of nitrogens with zero attached hydrogens (tertiary/aromatic N) is 6. The summed E-state index contributed by atoms with van der Waals surface area (Å²) in [6, 6.07) is 2.86. The lowest BCUT2D eigenvalue weighted by Crippen LogP contribution is -2.58. The maximum atomic E-state index is 4.57. The van der Waals surface area contributed by atoms with Crippen LogP contribution >= 0.6 is 0 Å². The summed E-state index contributed by atoms with van der Waals surface area (Å²) in [5.41, 5.74) is 5.49. The molecule has 4 heterocycles. The minimum Gasteiger partial charge on any atom is -0.352 e. The van der Waals surface area contributed by atoms with Gasteiger partial charge in [0.15, 0.2) is 5.82 Å². The topological polar surface area (TPSA) is 50.1 Å². The third-order valence-electron chi connectivity index (χ3n) is 6.10. The second kappa shape index (κ2) is 6.09. The van der Waals surface area contributed by atoms with E-state index in [9.17, 15) is 0 Å². The van der Waals surface area contributed by atoms with Crippen LogP contribution in [0.5, 0.6) is 0 Å². The molecule has 5 rings (SSSR count). The number of aromatic nitrogens is 4. The van der Waals surface area contributed by atoms with Crippen LogP contribution in [0.3, 0.4) is 0 Å². The molecule has 6 heteroatoms. The zero-order valence-electron chi connectivity index (χ0n) is 15.0. The minimum atomic E-state index is 0.592. The molecule has 132 valence electrons. The molecule has 0 amide bonds. The number of fused-ring (bicyclic) bond motifs is 2. The van der Waals surface area contributed by atoms with Crippen molar-refractivity contribution in [3.8, 4) is 0 Å². The van der Waals surface area contributed by atoms with Crippen molar-refractivity contribution >= 4 is 5.82 Å². The summed E-state index contributed by atoms with van der Waals surface area (Å²) in [5, 5.41) is 13.4. The fourth-order valence-electron chi connectivity index (χ4n) is 4.41. The van der Waals surface area contributed by atoms with Crippen LogP contribution in [0.2, 0.25) is 0 Å². The molecule has 25 heavy (non-hydrogen) atoms. The first kappa shape index (κ1) is 15.3. The maximum absolute atomic E-state index is 4.57. The Bertz CT molecular complexity index is 776. The summed E-state index contributed by atoms with van der Waals surface area (Å²) in [4.78, 5) is 4.84. The molecule has 0 N–H and O–H groups in total. The molecule has 0 atom stereocenters. The van der Waals surface area contributed by atoms with E-state index in [1.807, 2.05) is 0 Å². The zero-order chi connectivity index (χ0) is 16.8. The average molecular weight is 338 g/mol. The zero-order valence-corrected chi connectivity index (χ0v) is 15.0. The van der Waals surface area contributed by atoms with Gasteiger partial charge in [0.25, 0.3) is 0 Å². The van der Waals surface area contributed by atoms with E-state index >= 15 is 0 Å². The summed E-state index contributed by atoms with van der Waals surface area (Å²) in [5.74, 6) is 1.06. The van der Waals surface area contributed by atoms with Crippen LogP contribution in [0, 0.1) is 0 Å². The van der Waals surface area contributed by atoms with E-state index in [2.05, 4.69) is 49.1 Å². The fraction of sp³-hybridized carbons (Fsp3) is 0.632. The van der Waals surface area contributed by atoms with Gasteiger partial charge < -0.3 is 4.90 Å². The Labute approximate surface area is 148 Å². The summed E-state index contributed by atoms with van der Waals surface area (Å²) in [7, 11) is 2.24. The Balaban J connectivity index is 1.21. The summed E-state index contributed by atoms with van der Waals surface area (Å²) in [6.07, 6.45) is 9.34. The highest BCUT2D eigenvalue weighted by Gasteiger charge is 2.32. The molecule has 1 fully saturated rings. The monoisotopic (exact) mass is 338 g/mol. The Morgan fingerprint density at radius 3 is 2.96 bits per heavy atom. The van der Waals surface area contributed by atoms with Crippen LogP contribution in [0.4, 0.5) is 5.82 Å². The van der Waals surface area contributed by atoms with Gasteiger partial charge in [-0.15, -0.1) is 5.10 Å². The third-order valence-corrected chi connectivity index (χ3v) is 6.10. The highest BCUT2D eigenvalue weighted by Crippen LogP contribution is 2.27. The molecule has 0 saturated carbocycles. The largest absolute Gasteiger partial charge is 0.352 e. The predicted octanol–water partition coefficient (Wildman–Crippen LogP) is 1.82. The Kier molecular flexibility index (Phi) is 3.73. The first-order chi connectivity index (χ1) is 12.3. The van der Waals surface area contributed by atoms with Crippen LogP contribution in [-0.4, -0.2) is 51.1 Å². The number of likely N-dealkylation sites (N-methyl/N-ethyl adjacent to an activating group) is 1. The molecule has 1 saturated heterocycles. The second-order valence-corrected chi connectivity index (χ2v) is 7.80. The van der Waals surface area contributed by atoms with Crippen LogP contribution in [0.25, 0.3) is 0 Å². The van der Waals surface area contributed by atoms with Gasteiger partial charge >= 0.3 is 0 Å². The van der Waals surface area contributed by atoms with E-state index in [1.165, 1.54) is 54.6 Å². The normalized spacial score (nSPS) is 19.8. The van der Waals surface area contributed by atoms with Crippen molar-refractivity contribution < 1.29 is 0 Å². The Morgan fingerprint density at radius 2 is 2.04 bits per heavy atom. The minimum absolute atomic E-state index is 0.592. The van der Waals surface area contributed by atoms with Crippen molar-refractivity contribution in [3.05, 3.63) is 34.8 Å². The lowest BCUT2D eigenvalue weighted by atomic mass is 10.0. The van der Waals surface area contributed by atoms with Gasteiger partial charge in [-0.2, -0.15) is 10.2 Å². The molecule has 1 aliphatic carbocycles. The molecule has 0 radical (unpaired) electrons. The van der Waals surface area contributed by atoms with Crippen LogP contribution in [-0.2, 0) is 32.4 Å². The van der Waals surface area contributed by atoms with Gasteiger partial charge in [0.1, 0.15) is 0 Å². The molecule has 2 aromatic rings. The molecule has 0 spiro atoms. The predicted molar refractivity (Wildman–Crippen MR) is 96.7 cm³/mol. The van der Waals surface area contributed by atoms with E-state index < -0.39 is 0 Å². The highest BCUT2D eigenvalue weighted by molar-refractivity contribution is 5.45. The van der Waals surface area contributed by atoms with Gasteiger partial charge in [0, 0.05) is 43.5 Å². The van der Waals surface area contributed by atoms with E-state index in [0.717, 1.165) is 38.4 Å². The molecule has 0 bridgehead atoms. The van der Waals surface area contributed by atoms with Crippen molar-refractivity contribution in [2.45, 2.75) is 57.7 Å². The first-order valence-corrected chi connectivity index (χ1v) is 9.62. The van der Waals surface area contributed by atoms with Gasteiger partial charge in [0.2, 0.25) is 0 Å². The van der Waals surface area contributed by atoms with E-state index in [4.69, 9.17) is 0 Å². The second-order valence-electron chi connectivity index (χ2n) is 7.80. The van der Waals surface area contributed by atoms with Crippen LogP contribution < -0.4 is 4.90 Å². The van der Waals surface area contributed by atoms with E-state index in [-0.39, 0.29) is 0 Å². The molecular weight excluding hydrogens is 312 g/mol. The van der Waals surface area contributed by atoms with Crippen molar-refractivity contribution in [1.29, 1.82) is 0 Å². The molecule has 6 nitrogen and oxygen atoms in total. The third kappa shape index (κ3) is 2.72. The lowest BCUT2D eigenvalue weighted by Gasteiger charge is -2.44. The van der Waals surface area contributed by atoms with Crippen molar-refractivity contribution in [3.63, 3.8) is 0 Å². The number of hydrogen-bond donors (Lipinski definition) is 0. The van der Waals surface area contributed by atoms with Crippen molar-refractivity contribution in [2.75, 3.05) is 25.0 Å². The maximum Gasteiger partial charge on any atom is 0.151 e. The van der Waals surface area contributed by atoms with Gasteiger partial charge in [0.05, 0.1) is 11.9 Å². The molecule has 0 aromatic carbocycles. The van der Waals surface area contributed by atoms with Crippen molar-refractivity contribution in [2.24, 2.45) is 0 Å². The van der Waals surface area contributed by atoms with Crippen LogP contribution in [0.15, 0.2) is 12.3 Å². The smallest absolute Gasteiger partial charge is 0.151 e. The lowest BCUT2D eigenvalue weighted by molar-refractivity contribution is 0.196.